The summed E-state index contributed by atoms with van der Waals surface area (Å²) < 4.78 is 32.5. The van der Waals surface area contributed by atoms with Gasteiger partial charge in [0.15, 0.2) is 0 Å². The first-order valence-electron chi connectivity index (χ1n) is 12.2. The van der Waals surface area contributed by atoms with E-state index in [1.165, 1.54) is 64.0 Å². The Labute approximate surface area is 199 Å². The molecule has 0 fully saturated rings. The third kappa shape index (κ3) is 8.04. The molecule has 0 bridgehead atoms. The molecule has 0 N–H and O–H groups in total. The molecule has 0 amide bonds. The van der Waals surface area contributed by atoms with Crippen LogP contribution in [0, 0.1) is 0 Å². The number of benzene rings is 2. The second-order valence-corrected chi connectivity index (χ2v) is 10.1. The lowest BCUT2D eigenvalue weighted by molar-refractivity contribution is 0.459. The van der Waals surface area contributed by atoms with Gasteiger partial charge in [-0.15, -0.1) is 0 Å². The molecule has 0 aliphatic rings. The molecule has 3 aromatic rings. The number of nitrogens with zero attached hydrogens (tertiary/aromatic N) is 2. The molecule has 3 rings (SSSR count). The number of imidazole rings is 1. The molecular formula is C27H36N2O3S. The second-order valence-electron chi connectivity index (χ2n) is 8.53. The van der Waals surface area contributed by atoms with Gasteiger partial charge in [-0.25, -0.2) is 4.98 Å². The minimum atomic E-state index is -3.96. The molecule has 0 aliphatic carbocycles. The summed E-state index contributed by atoms with van der Waals surface area (Å²) in [5, 5.41) is 0. The van der Waals surface area contributed by atoms with Gasteiger partial charge in [0.1, 0.15) is 4.90 Å². The van der Waals surface area contributed by atoms with Crippen molar-refractivity contribution in [2.45, 2.75) is 82.4 Å². The Bertz CT molecular complexity index is 1040. The number of para-hydroxylation sites is 1. The van der Waals surface area contributed by atoms with Crippen LogP contribution in [0.2, 0.25) is 0 Å². The molecular weight excluding hydrogens is 432 g/mol. The van der Waals surface area contributed by atoms with Gasteiger partial charge < -0.3 is 4.18 Å². The van der Waals surface area contributed by atoms with Crippen LogP contribution < -0.4 is 4.18 Å². The van der Waals surface area contributed by atoms with Crippen molar-refractivity contribution < 1.29 is 12.6 Å². The molecule has 178 valence electrons. The molecule has 0 saturated heterocycles. The summed E-state index contributed by atoms with van der Waals surface area (Å²) in [5.41, 5.74) is 1.94. The fourth-order valence-electron chi connectivity index (χ4n) is 3.92. The van der Waals surface area contributed by atoms with E-state index >= 15 is 0 Å². The Balaban J connectivity index is 1.44. The van der Waals surface area contributed by atoms with Crippen molar-refractivity contribution in [1.82, 2.24) is 9.55 Å². The molecule has 6 heteroatoms. The number of aromatic nitrogens is 2. The zero-order valence-electron chi connectivity index (χ0n) is 19.7. The average molecular weight is 469 g/mol. The van der Waals surface area contributed by atoms with Crippen LogP contribution in [-0.4, -0.2) is 18.0 Å². The van der Waals surface area contributed by atoms with E-state index in [9.17, 15) is 8.42 Å². The lowest BCUT2D eigenvalue weighted by Crippen LogP contribution is -2.13. The summed E-state index contributed by atoms with van der Waals surface area (Å²) >= 11 is 0. The number of hydrogen-bond donors (Lipinski definition) is 0. The highest BCUT2D eigenvalue weighted by Crippen LogP contribution is 2.21. The zero-order chi connectivity index (χ0) is 23.4. The molecule has 0 atom stereocenters. The highest BCUT2D eigenvalue weighted by molar-refractivity contribution is 7.87. The van der Waals surface area contributed by atoms with Crippen molar-refractivity contribution in [3.63, 3.8) is 0 Å². The minimum Gasteiger partial charge on any atom is -0.341 e. The van der Waals surface area contributed by atoms with Gasteiger partial charge in [0.05, 0.1) is 5.69 Å². The van der Waals surface area contributed by atoms with Crippen LogP contribution in [0.1, 0.15) is 76.7 Å². The molecule has 33 heavy (non-hydrogen) atoms. The van der Waals surface area contributed by atoms with Crippen molar-refractivity contribution in [1.29, 1.82) is 0 Å². The van der Waals surface area contributed by atoms with E-state index in [0.717, 1.165) is 24.1 Å². The lowest BCUT2D eigenvalue weighted by Gasteiger charge is -2.10. The van der Waals surface area contributed by atoms with Crippen molar-refractivity contribution in [2.24, 2.45) is 0 Å². The summed E-state index contributed by atoms with van der Waals surface area (Å²) in [6.45, 7) is 2.25. The first-order valence-corrected chi connectivity index (χ1v) is 13.6. The summed E-state index contributed by atoms with van der Waals surface area (Å²) in [5.74, 6) is 0. The summed E-state index contributed by atoms with van der Waals surface area (Å²) in [6.07, 6.45) is 17.3. The maximum atomic E-state index is 12.8. The zero-order valence-corrected chi connectivity index (χ0v) is 20.5. The highest BCUT2D eigenvalue weighted by Gasteiger charge is 2.20. The third-order valence-electron chi connectivity index (χ3n) is 5.86. The Morgan fingerprint density at radius 2 is 1.39 bits per heavy atom. The SMILES string of the molecule is CCCCCCCCCCCCc1ccc(S(=O)(=O)Oc2nccn2-c2ccccc2)cc1. The Morgan fingerprint density at radius 1 is 0.788 bits per heavy atom. The third-order valence-corrected chi connectivity index (χ3v) is 7.07. The van der Waals surface area contributed by atoms with Crippen molar-refractivity contribution in [3.8, 4) is 11.7 Å². The van der Waals surface area contributed by atoms with Gasteiger partial charge in [0.2, 0.25) is 0 Å². The number of aryl methyl sites for hydroxylation is 1. The molecule has 5 nitrogen and oxygen atoms in total. The highest BCUT2D eigenvalue weighted by atomic mass is 32.2. The molecule has 0 unspecified atom stereocenters. The molecule has 1 aromatic heterocycles. The predicted octanol–water partition coefficient (Wildman–Crippen LogP) is 7.10. The Kier molecular flexibility index (Phi) is 10.0. The topological polar surface area (TPSA) is 61.2 Å². The van der Waals surface area contributed by atoms with Crippen LogP contribution in [0.4, 0.5) is 0 Å². The van der Waals surface area contributed by atoms with Gasteiger partial charge in [-0.2, -0.15) is 8.42 Å². The van der Waals surface area contributed by atoms with Crippen molar-refractivity contribution >= 4 is 10.1 Å². The van der Waals surface area contributed by atoms with Crippen molar-refractivity contribution in [3.05, 3.63) is 72.6 Å². The van der Waals surface area contributed by atoms with E-state index < -0.39 is 10.1 Å². The Morgan fingerprint density at radius 3 is 2.03 bits per heavy atom. The molecule has 0 saturated carbocycles. The summed E-state index contributed by atoms with van der Waals surface area (Å²) in [6, 6.07) is 16.4. The molecule has 0 spiro atoms. The van der Waals surface area contributed by atoms with Crippen LogP contribution in [0.25, 0.3) is 5.69 Å². The summed E-state index contributed by atoms with van der Waals surface area (Å²) in [7, 11) is -3.96. The second kappa shape index (κ2) is 13.2. The first-order chi connectivity index (χ1) is 16.1. The van der Waals surface area contributed by atoms with E-state index in [0.29, 0.717) is 0 Å². The van der Waals surface area contributed by atoms with E-state index in [4.69, 9.17) is 4.18 Å². The van der Waals surface area contributed by atoms with E-state index in [2.05, 4.69) is 11.9 Å². The number of rotatable bonds is 15. The molecule has 0 aliphatic heterocycles. The predicted molar refractivity (Wildman–Crippen MR) is 133 cm³/mol. The molecule has 1 heterocycles. The van der Waals surface area contributed by atoms with Crippen LogP contribution in [0.3, 0.4) is 0 Å². The van der Waals surface area contributed by atoms with Crippen LogP contribution >= 0.6 is 0 Å². The van der Waals surface area contributed by atoms with Crippen molar-refractivity contribution in [2.75, 3.05) is 0 Å². The smallest absolute Gasteiger partial charge is 0.341 e. The number of unbranched alkanes of at least 4 members (excludes halogenated alkanes) is 9. The van der Waals surface area contributed by atoms with Crippen LogP contribution in [0.15, 0.2) is 71.9 Å². The maximum Gasteiger partial charge on any atom is 0.341 e. The van der Waals surface area contributed by atoms with E-state index in [1.807, 2.05) is 42.5 Å². The minimum absolute atomic E-state index is 0.0237. The lowest BCUT2D eigenvalue weighted by atomic mass is 10.0. The first kappa shape index (κ1) is 25.0. The van der Waals surface area contributed by atoms with Gasteiger partial charge in [-0.3, -0.25) is 4.57 Å². The maximum absolute atomic E-state index is 12.8. The Hall–Kier alpha value is -2.60. The standard InChI is InChI=1S/C27H36N2O3S/c1-2-3-4-5-6-7-8-9-10-12-15-24-18-20-26(21-19-24)33(30,31)32-27-28-22-23-29(27)25-16-13-11-14-17-25/h11,13-14,16-23H,2-10,12,15H2,1H3. The van der Waals surface area contributed by atoms with Gasteiger partial charge >= 0.3 is 16.1 Å². The van der Waals surface area contributed by atoms with Gasteiger partial charge in [-0.1, -0.05) is 95.0 Å². The fraction of sp³-hybridized carbons (Fsp3) is 0.444. The fourth-order valence-corrected chi connectivity index (χ4v) is 4.81. The van der Waals surface area contributed by atoms with Gasteiger partial charge in [-0.05, 0) is 42.7 Å². The normalized spacial score (nSPS) is 11.5. The monoisotopic (exact) mass is 468 g/mol. The van der Waals surface area contributed by atoms with E-state index in [-0.39, 0.29) is 10.9 Å². The quantitative estimate of drug-likeness (QED) is 0.176. The largest absolute Gasteiger partial charge is 0.341 e. The number of hydrogen-bond acceptors (Lipinski definition) is 4. The molecule has 2 aromatic carbocycles. The van der Waals surface area contributed by atoms with Crippen LogP contribution in [-0.2, 0) is 16.5 Å². The summed E-state index contributed by atoms with van der Waals surface area (Å²) in [4.78, 5) is 4.21. The average Bonchev–Trinajstić information content (AvgIpc) is 3.28. The van der Waals surface area contributed by atoms with Gasteiger partial charge in [0, 0.05) is 12.4 Å². The van der Waals surface area contributed by atoms with Crippen LogP contribution in [0.5, 0.6) is 6.01 Å². The van der Waals surface area contributed by atoms with Gasteiger partial charge in [0.25, 0.3) is 0 Å². The molecule has 0 radical (unpaired) electrons. The van der Waals surface area contributed by atoms with E-state index in [1.54, 1.807) is 22.9 Å².